The molecule has 1 aromatic heterocycles. The Morgan fingerprint density at radius 3 is 2.86 bits per heavy atom. The Hall–Kier alpha value is -2.54. The van der Waals surface area contributed by atoms with Crippen LogP contribution in [0, 0.1) is 11.8 Å². The number of amides is 1. The van der Waals surface area contributed by atoms with Gasteiger partial charge in [-0.3, -0.25) is 4.98 Å². The van der Waals surface area contributed by atoms with Crippen LogP contribution in [0.25, 0.3) is 10.9 Å². The highest BCUT2D eigenvalue weighted by atomic mass is 16.6. The molecule has 0 atom stereocenters. The lowest BCUT2D eigenvalue weighted by Gasteiger charge is -2.18. The minimum atomic E-state index is -0.500. The van der Waals surface area contributed by atoms with Gasteiger partial charge in [0.2, 0.25) is 0 Å². The number of rotatable bonds is 1. The van der Waals surface area contributed by atoms with E-state index in [0.29, 0.717) is 0 Å². The van der Waals surface area contributed by atoms with Crippen molar-refractivity contribution >= 4 is 17.0 Å². The van der Waals surface area contributed by atoms with Gasteiger partial charge >= 0.3 is 6.09 Å². The summed E-state index contributed by atoms with van der Waals surface area (Å²) in [5.74, 6) is 5.85. The molecule has 0 saturated heterocycles. The molecule has 4 nitrogen and oxygen atoms in total. The number of aromatic nitrogens is 1. The van der Waals surface area contributed by atoms with E-state index in [-0.39, 0.29) is 6.54 Å². The second-order valence-electron chi connectivity index (χ2n) is 5.57. The van der Waals surface area contributed by atoms with E-state index in [2.05, 4.69) is 22.1 Å². The number of nitrogens with one attached hydrogen (secondary N) is 1. The summed E-state index contributed by atoms with van der Waals surface area (Å²) < 4.78 is 5.12. The Bertz CT molecular complexity index is 706. The third kappa shape index (κ3) is 4.81. The lowest BCUT2D eigenvalue weighted by atomic mass is 10.2. The molecule has 1 heterocycles. The summed E-state index contributed by atoms with van der Waals surface area (Å²) in [6.07, 6.45) is 1.26. The Balaban J connectivity index is 1.94. The minimum Gasteiger partial charge on any atom is -0.444 e. The summed E-state index contributed by atoms with van der Waals surface area (Å²) in [6, 6.07) is 9.84. The van der Waals surface area contributed by atoms with E-state index in [1.54, 1.807) is 6.20 Å². The first-order valence-electron chi connectivity index (χ1n) is 6.74. The van der Waals surface area contributed by atoms with Gasteiger partial charge in [0.15, 0.2) is 0 Å². The van der Waals surface area contributed by atoms with Crippen LogP contribution in [-0.4, -0.2) is 23.2 Å². The highest BCUT2D eigenvalue weighted by Crippen LogP contribution is 2.11. The first kappa shape index (κ1) is 14.9. The summed E-state index contributed by atoms with van der Waals surface area (Å²) >= 11 is 0. The van der Waals surface area contributed by atoms with E-state index in [9.17, 15) is 4.79 Å². The van der Waals surface area contributed by atoms with Crippen molar-refractivity contribution in [3.8, 4) is 11.8 Å². The molecular weight excluding hydrogens is 264 g/mol. The van der Waals surface area contributed by atoms with Crippen LogP contribution in [0.3, 0.4) is 0 Å². The molecule has 1 N–H and O–H groups in total. The summed E-state index contributed by atoms with van der Waals surface area (Å²) in [5, 5.41) is 3.64. The molecule has 0 bridgehead atoms. The van der Waals surface area contributed by atoms with Crippen LogP contribution in [0.4, 0.5) is 4.79 Å². The molecule has 21 heavy (non-hydrogen) atoms. The van der Waals surface area contributed by atoms with Crippen molar-refractivity contribution in [1.29, 1.82) is 0 Å². The van der Waals surface area contributed by atoms with Gasteiger partial charge in [0, 0.05) is 17.1 Å². The molecule has 4 heteroatoms. The fourth-order valence-electron chi connectivity index (χ4n) is 1.72. The number of nitrogens with zero attached hydrogens (tertiary/aromatic N) is 1. The monoisotopic (exact) mass is 282 g/mol. The molecule has 108 valence electrons. The molecule has 0 radical (unpaired) electrons. The zero-order valence-corrected chi connectivity index (χ0v) is 12.4. The molecule has 0 unspecified atom stereocenters. The molecule has 0 aliphatic rings. The Morgan fingerprint density at radius 1 is 1.33 bits per heavy atom. The van der Waals surface area contributed by atoms with Crippen molar-refractivity contribution in [2.75, 3.05) is 6.54 Å². The quantitative estimate of drug-likeness (QED) is 0.818. The standard InChI is InChI=1S/C17H18N2O2/c1-17(2,3)21-16(20)18-10-6-7-13-11-14-8-4-5-9-15(14)19-12-13/h4-5,8-9,11-12H,10H2,1-3H3,(H,18,20). The van der Waals surface area contributed by atoms with Crippen LogP contribution < -0.4 is 5.32 Å². The maximum absolute atomic E-state index is 11.4. The number of alkyl carbamates (subject to hydrolysis) is 1. The van der Waals surface area contributed by atoms with Gasteiger partial charge in [-0.2, -0.15) is 0 Å². The van der Waals surface area contributed by atoms with Crippen molar-refractivity contribution in [3.05, 3.63) is 42.1 Å². The maximum atomic E-state index is 11.4. The first-order valence-corrected chi connectivity index (χ1v) is 6.74. The van der Waals surface area contributed by atoms with Crippen molar-refractivity contribution in [2.24, 2.45) is 0 Å². The van der Waals surface area contributed by atoms with Crippen molar-refractivity contribution in [2.45, 2.75) is 26.4 Å². The number of hydrogen-bond donors (Lipinski definition) is 1. The highest BCUT2D eigenvalue weighted by Gasteiger charge is 2.14. The number of ether oxygens (including phenoxy) is 1. The highest BCUT2D eigenvalue weighted by molar-refractivity contribution is 5.79. The fraction of sp³-hybridized carbons (Fsp3) is 0.294. The third-order valence-corrected chi connectivity index (χ3v) is 2.54. The van der Waals surface area contributed by atoms with Gasteiger partial charge in [-0.05, 0) is 32.9 Å². The Morgan fingerprint density at radius 2 is 2.10 bits per heavy atom. The predicted octanol–water partition coefficient (Wildman–Crippen LogP) is 3.11. The van der Waals surface area contributed by atoms with E-state index < -0.39 is 11.7 Å². The van der Waals surface area contributed by atoms with Crippen LogP contribution >= 0.6 is 0 Å². The summed E-state index contributed by atoms with van der Waals surface area (Å²) in [6.45, 7) is 5.69. The smallest absolute Gasteiger partial charge is 0.408 e. The molecule has 2 aromatic rings. The SMILES string of the molecule is CC(C)(C)OC(=O)NCC#Cc1cnc2ccccc2c1. The molecule has 0 spiro atoms. The van der Waals surface area contributed by atoms with Gasteiger partial charge in [-0.15, -0.1) is 0 Å². The number of carbonyl (C=O) groups is 1. The Kier molecular flexibility index (Phi) is 4.44. The lowest BCUT2D eigenvalue weighted by Crippen LogP contribution is -2.32. The first-order chi connectivity index (χ1) is 9.94. The largest absolute Gasteiger partial charge is 0.444 e. The summed E-state index contributed by atoms with van der Waals surface area (Å²) in [7, 11) is 0. The van der Waals surface area contributed by atoms with Crippen LogP contribution in [-0.2, 0) is 4.74 Å². The third-order valence-electron chi connectivity index (χ3n) is 2.54. The number of fused-ring (bicyclic) bond motifs is 1. The number of pyridine rings is 1. The molecule has 2 rings (SSSR count). The van der Waals surface area contributed by atoms with Gasteiger partial charge in [0.25, 0.3) is 0 Å². The maximum Gasteiger partial charge on any atom is 0.408 e. The Labute approximate surface area is 124 Å². The topological polar surface area (TPSA) is 51.2 Å². The van der Waals surface area contributed by atoms with Gasteiger partial charge in [-0.1, -0.05) is 30.0 Å². The van der Waals surface area contributed by atoms with E-state index in [0.717, 1.165) is 16.5 Å². The predicted molar refractivity (Wildman–Crippen MR) is 82.9 cm³/mol. The number of benzene rings is 1. The normalized spacial score (nSPS) is 10.6. The van der Waals surface area contributed by atoms with E-state index >= 15 is 0 Å². The average Bonchev–Trinajstić information content (AvgIpc) is 2.41. The van der Waals surface area contributed by atoms with Gasteiger partial charge < -0.3 is 10.1 Å². The molecule has 1 amide bonds. The second kappa shape index (κ2) is 6.27. The number of carbonyl (C=O) groups excluding carboxylic acids is 1. The van der Waals surface area contributed by atoms with Crippen molar-refractivity contribution in [3.63, 3.8) is 0 Å². The van der Waals surface area contributed by atoms with E-state index in [1.807, 2.05) is 51.1 Å². The van der Waals surface area contributed by atoms with Crippen LogP contribution in [0.1, 0.15) is 26.3 Å². The number of para-hydroxylation sites is 1. The molecule has 0 aliphatic carbocycles. The molecule has 1 aromatic carbocycles. The fourth-order valence-corrected chi connectivity index (χ4v) is 1.72. The van der Waals surface area contributed by atoms with Gasteiger partial charge in [0.1, 0.15) is 5.60 Å². The van der Waals surface area contributed by atoms with Gasteiger partial charge in [0.05, 0.1) is 12.1 Å². The molecule has 0 aliphatic heterocycles. The number of hydrogen-bond acceptors (Lipinski definition) is 3. The molecular formula is C17H18N2O2. The lowest BCUT2D eigenvalue weighted by molar-refractivity contribution is 0.0535. The minimum absolute atomic E-state index is 0.238. The van der Waals surface area contributed by atoms with Crippen LogP contribution in [0.15, 0.2) is 36.5 Å². The van der Waals surface area contributed by atoms with Crippen LogP contribution in [0.5, 0.6) is 0 Å². The second-order valence-corrected chi connectivity index (χ2v) is 5.57. The zero-order chi connectivity index (χ0) is 15.3. The van der Waals surface area contributed by atoms with Gasteiger partial charge in [-0.25, -0.2) is 4.79 Å². The zero-order valence-electron chi connectivity index (χ0n) is 12.4. The average molecular weight is 282 g/mol. The molecule has 0 fully saturated rings. The van der Waals surface area contributed by atoms with E-state index in [1.165, 1.54) is 0 Å². The summed E-state index contributed by atoms with van der Waals surface area (Å²) in [5.41, 5.74) is 1.26. The molecule has 0 saturated carbocycles. The van der Waals surface area contributed by atoms with E-state index in [4.69, 9.17) is 4.74 Å². The van der Waals surface area contributed by atoms with Crippen molar-refractivity contribution in [1.82, 2.24) is 10.3 Å². The summed E-state index contributed by atoms with van der Waals surface area (Å²) in [4.78, 5) is 15.8. The van der Waals surface area contributed by atoms with Crippen molar-refractivity contribution < 1.29 is 9.53 Å². The van der Waals surface area contributed by atoms with Crippen LogP contribution in [0.2, 0.25) is 0 Å².